The fourth-order valence-corrected chi connectivity index (χ4v) is 3.08. The molecule has 0 saturated carbocycles. The van der Waals surface area contributed by atoms with Crippen LogP contribution in [-0.4, -0.2) is 31.1 Å². The highest BCUT2D eigenvalue weighted by Gasteiger charge is 2.13. The Kier molecular flexibility index (Phi) is 5.88. The number of nitrogens with one attached hydrogen (secondary N) is 2. The van der Waals surface area contributed by atoms with Crippen LogP contribution in [0.4, 0.5) is 5.82 Å². The molecule has 0 spiro atoms. The van der Waals surface area contributed by atoms with E-state index in [1.165, 1.54) is 29.5 Å². The minimum atomic E-state index is 0.733. The Balaban J connectivity index is 1.54. The van der Waals surface area contributed by atoms with Gasteiger partial charge in [-0.1, -0.05) is 24.3 Å². The molecule has 0 unspecified atom stereocenters. The molecule has 2 aromatic rings. The van der Waals surface area contributed by atoms with Crippen molar-refractivity contribution in [2.45, 2.75) is 32.9 Å². The molecule has 2 heterocycles. The van der Waals surface area contributed by atoms with Gasteiger partial charge >= 0.3 is 0 Å². The second kappa shape index (κ2) is 8.51. The van der Waals surface area contributed by atoms with Gasteiger partial charge in [-0.05, 0) is 48.6 Å². The lowest BCUT2D eigenvalue weighted by Crippen LogP contribution is -2.36. The van der Waals surface area contributed by atoms with Crippen LogP contribution in [0.25, 0.3) is 0 Å². The van der Waals surface area contributed by atoms with Crippen LogP contribution >= 0.6 is 0 Å². The Morgan fingerprint density at radius 2 is 1.88 bits per heavy atom. The van der Waals surface area contributed by atoms with Gasteiger partial charge in [-0.15, -0.1) is 0 Å². The zero-order valence-corrected chi connectivity index (χ0v) is 15.1. The molecule has 0 bridgehead atoms. The van der Waals surface area contributed by atoms with Crippen molar-refractivity contribution in [3.63, 3.8) is 0 Å². The highest BCUT2D eigenvalue weighted by atomic mass is 15.2. The topological polar surface area (TPSA) is 52.6 Å². The Hall–Kier alpha value is -2.56. The maximum atomic E-state index is 4.51. The molecule has 0 aliphatic carbocycles. The number of hydrogen-bond donors (Lipinski definition) is 2. The Labute approximate surface area is 150 Å². The van der Waals surface area contributed by atoms with Crippen LogP contribution in [-0.2, 0) is 13.1 Å². The Morgan fingerprint density at radius 3 is 2.64 bits per heavy atom. The molecule has 0 radical (unpaired) electrons. The minimum absolute atomic E-state index is 0.733. The Morgan fingerprint density at radius 1 is 1.12 bits per heavy atom. The lowest BCUT2D eigenvalue weighted by Gasteiger charge is -2.17. The van der Waals surface area contributed by atoms with E-state index in [0.717, 1.165) is 38.0 Å². The molecule has 1 saturated heterocycles. The molecule has 25 heavy (non-hydrogen) atoms. The molecular weight excluding hydrogens is 310 g/mol. The molecule has 1 fully saturated rings. The van der Waals surface area contributed by atoms with Crippen molar-refractivity contribution >= 4 is 11.8 Å². The van der Waals surface area contributed by atoms with Gasteiger partial charge < -0.3 is 15.5 Å². The lowest BCUT2D eigenvalue weighted by molar-refractivity contribution is 0.804. The number of nitrogens with zero attached hydrogens (tertiary/aromatic N) is 3. The van der Waals surface area contributed by atoms with E-state index >= 15 is 0 Å². The van der Waals surface area contributed by atoms with Crippen LogP contribution in [0.3, 0.4) is 0 Å². The quantitative estimate of drug-likeness (QED) is 0.651. The number of rotatable bonds is 5. The lowest BCUT2D eigenvalue weighted by atomic mass is 10.1. The highest BCUT2D eigenvalue weighted by molar-refractivity contribution is 5.79. The van der Waals surface area contributed by atoms with E-state index in [1.54, 1.807) is 7.05 Å². The van der Waals surface area contributed by atoms with Gasteiger partial charge in [0.05, 0.1) is 0 Å². The number of anilines is 1. The van der Waals surface area contributed by atoms with Crippen LogP contribution in [0.1, 0.15) is 29.5 Å². The second-order valence-electron chi connectivity index (χ2n) is 6.42. The van der Waals surface area contributed by atoms with Crippen LogP contribution in [0.15, 0.2) is 47.6 Å². The number of aryl methyl sites for hydroxylation is 1. The zero-order valence-electron chi connectivity index (χ0n) is 15.1. The average molecular weight is 337 g/mol. The van der Waals surface area contributed by atoms with Crippen LogP contribution in [0.2, 0.25) is 0 Å². The number of pyridine rings is 1. The largest absolute Gasteiger partial charge is 0.357 e. The minimum Gasteiger partial charge on any atom is -0.357 e. The summed E-state index contributed by atoms with van der Waals surface area (Å²) in [5.74, 6) is 1.89. The first-order chi connectivity index (χ1) is 12.3. The highest BCUT2D eigenvalue weighted by Crippen LogP contribution is 2.18. The van der Waals surface area contributed by atoms with Crippen molar-refractivity contribution in [1.29, 1.82) is 0 Å². The van der Waals surface area contributed by atoms with E-state index in [4.69, 9.17) is 0 Å². The molecule has 1 aliphatic heterocycles. The van der Waals surface area contributed by atoms with Gasteiger partial charge in [0.25, 0.3) is 0 Å². The van der Waals surface area contributed by atoms with E-state index in [0.29, 0.717) is 0 Å². The molecule has 1 aromatic heterocycles. The smallest absolute Gasteiger partial charge is 0.191 e. The standard InChI is InChI=1S/C20H27N5/c1-16-7-3-4-8-18(16)15-24-20(21-2)23-14-17-9-10-22-19(13-17)25-11-5-6-12-25/h3-4,7-10,13H,5-6,11-12,14-15H2,1-2H3,(H2,21,23,24). The van der Waals surface area contributed by atoms with Gasteiger partial charge in [-0.3, -0.25) is 4.99 Å². The summed E-state index contributed by atoms with van der Waals surface area (Å²) >= 11 is 0. The van der Waals surface area contributed by atoms with Gasteiger partial charge in [-0.25, -0.2) is 4.98 Å². The summed E-state index contributed by atoms with van der Waals surface area (Å²) in [6.45, 7) is 5.86. The molecule has 5 nitrogen and oxygen atoms in total. The Bertz CT molecular complexity index is 720. The molecule has 1 aliphatic rings. The fourth-order valence-electron chi connectivity index (χ4n) is 3.08. The fraction of sp³-hybridized carbons (Fsp3) is 0.400. The number of hydrogen-bond acceptors (Lipinski definition) is 3. The van der Waals surface area contributed by atoms with Crippen LogP contribution in [0.5, 0.6) is 0 Å². The molecule has 0 atom stereocenters. The third kappa shape index (κ3) is 4.72. The molecule has 0 amide bonds. The first kappa shape index (κ1) is 17.3. The zero-order chi connectivity index (χ0) is 17.5. The number of guanidine groups is 1. The summed E-state index contributed by atoms with van der Waals surface area (Å²) in [6, 6.07) is 12.6. The van der Waals surface area contributed by atoms with Gasteiger partial charge in [0.1, 0.15) is 5.82 Å². The summed E-state index contributed by atoms with van der Waals surface area (Å²) in [6.07, 6.45) is 4.42. The number of benzene rings is 1. The van der Waals surface area contributed by atoms with Gasteiger partial charge in [0, 0.05) is 39.4 Å². The first-order valence-corrected chi connectivity index (χ1v) is 8.95. The third-order valence-corrected chi connectivity index (χ3v) is 4.63. The average Bonchev–Trinajstić information content (AvgIpc) is 3.18. The molecule has 3 rings (SSSR count). The number of aliphatic imine (C=N–C) groups is 1. The number of aromatic nitrogens is 1. The maximum absolute atomic E-state index is 4.51. The van der Waals surface area contributed by atoms with Crippen molar-refractivity contribution in [2.24, 2.45) is 4.99 Å². The van der Waals surface area contributed by atoms with E-state index in [1.807, 2.05) is 6.20 Å². The molecule has 1 aromatic carbocycles. The van der Waals surface area contributed by atoms with Gasteiger partial charge in [0.15, 0.2) is 5.96 Å². The predicted molar refractivity (Wildman–Crippen MR) is 104 cm³/mol. The van der Waals surface area contributed by atoms with E-state index in [9.17, 15) is 0 Å². The summed E-state index contributed by atoms with van der Waals surface area (Å²) in [5.41, 5.74) is 3.79. The van der Waals surface area contributed by atoms with E-state index in [-0.39, 0.29) is 0 Å². The SMILES string of the molecule is CN=C(NCc1ccnc(N2CCCC2)c1)NCc1ccccc1C. The predicted octanol–water partition coefficient (Wildman–Crippen LogP) is 2.86. The summed E-state index contributed by atoms with van der Waals surface area (Å²) in [4.78, 5) is 11.2. The van der Waals surface area contributed by atoms with Crippen molar-refractivity contribution in [1.82, 2.24) is 15.6 Å². The monoisotopic (exact) mass is 337 g/mol. The van der Waals surface area contributed by atoms with Gasteiger partial charge in [-0.2, -0.15) is 0 Å². The van der Waals surface area contributed by atoms with E-state index in [2.05, 4.69) is 68.8 Å². The summed E-state index contributed by atoms with van der Waals surface area (Å²) in [5, 5.41) is 6.77. The molecule has 2 N–H and O–H groups in total. The molecular formula is C20H27N5. The van der Waals surface area contributed by atoms with Crippen molar-refractivity contribution in [2.75, 3.05) is 25.0 Å². The maximum Gasteiger partial charge on any atom is 0.191 e. The van der Waals surface area contributed by atoms with Gasteiger partial charge in [0.2, 0.25) is 0 Å². The first-order valence-electron chi connectivity index (χ1n) is 8.95. The van der Waals surface area contributed by atoms with E-state index < -0.39 is 0 Å². The van der Waals surface area contributed by atoms with Crippen molar-refractivity contribution in [3.05, 3.63) is 59.3 Å². The molecule has 5 heteroatoms. The third-order valence-electron chi connectivity index (χ3n) is 4.63. The van der Waals surface area contributed by atoms with Crippen LogP contribution < -0.4 is 15.5 Å². The summed E-state index contributed by atoms with van der Waals surface area (Å²) in [7, 11) is 1.80. The normalized spacial score (nSPS) is 14.6. The van der Waals surface area contributed by atoms with Crippen molar-refractivity contribution < 1.29 is 0 Å². The van der Waals surface area contributed by atoms with Crippen LogP contribution in [0, 0.1) is 6.92 Å². The van der Waals surface area contributed by atoms with Crippen molar-refractivity contribution in [3.8, 4) is 0 Å². The molecule has 132 valence electrons. The second-order valence-corrected chi connectivity index (χ2v) is 6.42. The summed E-state index contributed by atoms with van der Waals surface area (Å²) < 4.78 is 0.